The molecular formula is C10H20O. The van der Waals surface area contributed by atoms with E-state index in [4.69, 9.17) is 0 Å². The number of aliphatic hydroxyl groups is 1. The largest absolute Gasteiger partial charge is 0.389 e. The standard InChI is InChI=1S/C10H20O/c1-5-9(6-2)10(11,7-3)8-4/h5,9,11H,1,6-8H2,2-4H3. The van der Waals surface area contributed by atoms with Crippen LogP contribution in [0.25, 0.3) is 0 Å². The zero-order chi connectivity index (χ0) is 8.91. The van der Waals surface area contributed by atoms with Crippen molar-refractivity contribution in [3.05, 3.63) is 12.7 Å². The molecule has 0 saturated carbocycles. The third-order valence-corrected chi connectivity index (χ3v) is 2.64. The molecule has 1 nitrogen and oxygen atoms in total. The van der Waals surface area contributed by atoms with Crippen LogP contribution in [0.2, 0.25) is 0 Å². The molecule has 1 N–H and O–H groups in total. The van der Waals surface area contributed by atoms with Gasteiger partial charge in [0, 0.05) is 5.92 Å². The lowest BCUT2D eigenvalue weighted by molar-refractivity contribution is -0.00913. The maximum Gasteiger partial charge on any atom is 0.0704 e. The van der Waals surface area contributed by atoms with Gasteiger partial charge in [-0.1, -0.05) is 26.8 Å². The molecule has 0 rings (SSSR count). The zero-order valence-electron chi connectivity index (χ0n) is 7.93. The van der Waals surface area contributed by atoms with Crippen molar-refractivity contribution >= 4 is 0 Å². The molecule has 0 heterocycles. The molecule has 0 bridgehead atoms. The van der Waals surface area contributed by atoms with E-state index >= 15 is 0 Å². The van der Waals surface area contributed by atoms with Crippen molar-refractivity contribution in [1.82, 2.24) is 0 Å². The van der Waals surface area contributed by atoms with Crippen molar-refractivity contribution in [2.75, 3.05) is 0 Å². The summed E-state index contributed by atoms with van der Waals surface area (Å²) in [7, 11) is 0. The molecule has 0 aromatic heterocycles. The summed E-state index contributed by atoms with van der Waals surface area (Å²) in [6.07, 6.45) is 4.47. The Morgan fingerprint density at radius 3 is 1.91 bits per heavy atom. The summed E-state index contributed by atoms with van der Waals surface area (Å²) in [5.41, 5.74) is -0.517. The summed E-state index contributed by atoms with van der Waals surface area (Å²) in [4.78, 5) is 0. The number of hydrogen-bond donors (Lipinski definition) is 1. The van der Waals surface area contributed by atoms with Crippen molar-refractivity contribution in [3.8, 4) is 0 Å². The molecule has 0 spiro atoms. The SMILES string of the molecule is C=CC(CC)C(O)(CC)CC. The molecule has 0 aliphatic heterocycles. The molecule has 0 aliphatic carbocycles. The Morgan fingerprint density at radius 2 is 1.82 bits per heavy atom. The van der Waals surface area contributed by atoms with E-state index in [2.05, 4.69) is 13.5 Å². The minimum absolute atomic E-state index is 0.248. The summed E-state index contributed by atoms with van der Waals surface area (Å²) >= 11 is 0. The van der Waals surface area contributed by atoms with Gasteiger partial charge in [-0.05, 0) is 19.3 Å². The highest BCUT2D eigenvalue weighted by molar-refractivity contribution is 4.93. The van der Waals surface area contributed by atoms with Crippen LogP contribution in [0.3, 0.4) is 0 Å². The average Bonchev–Trinajstić information content (AvgIpc) is 2.06. The van der Waals surface area contributed by atoms with Crippen LogP contribution < -0.4 is 0 Å². The molecule has 1 heteroatoms. The first-order chi connectivity index (χ1) is 5.14. The molecule has 0 aromatic rings. The molecule has 0 amide bonds. The van der Waals surface area contributed by atoms with Gasteiger partial charge >= 0.3 is 0 Å². The minimum Gasteiger partial charge on any atom is -0.389 e. The Morgan fingerprint density at radius 1 is 1.36 bits per heavy atom. The first kappa shape index (κ1) is 10.7. The van der Waals surface area contributed by atoms with Crippen LogP contribution in [0.15, 0.2) is 12.7 Å². The Labute approximate surface area is 70.1 Å². The Bertz CT molecular complexity index is 114. The maximum absolute atomic E-state index is 10.0. The van der Waals surface area contributed by atoms with E-state index in [1.807, 2.05) is 19.9 Å². The molecule has 0 fully saturated rings. The molecule has 0 radical (unpaired) electrons. The van der Waals surface area contributed by atoms with Crippen LogP contribution >= 0.6 is 0 Å². The highest BCUT2D eigenvalue weighted by Crippen LogP contribution is 2.28. The fourth-order valence-corrected chi connectivity index (χ4v) is 1.54. The van der Waals surface area contributed by atoms with Gasteiger partial charge in [0.15, 0.2) is 0 Å². The normalized spacial score (nSPS) is 14.5. The molecular weight excluding hydrogens is 136 g/mol. The van der Waals surface area contributed by atoms with E-state index in [1.54, 1.807) is 0 Å². The molecule has 11 heavy (non-hydrogen) atoms. The summed E-state index contributed by atoms with van der Waals surface area (Å²) in [6, 6.07) is 0. The van der Waals surface area contributed by atoms with Crippen molar-refractivity contribution in [2.45, 2.75) is 45.6 Å². The quantitative estimate of drug-likeness (QED) is 0.607. The first-order valence-electron chi connectivity index (χ1n) is 4.49. The van der Waals surface area contributed by atoms with Crippen LogP contribution in [0.1, 0.15) is 40.0 Å². The van der Waals surface area contributed by atoms with E-state index in [0.29, 0.717) is 0 Å². The van der Waals surface area contributed by atoms with E-state index < -0.39 is 5.60 Å². The van der Waals surface area contributed by atoms with Crippen LogP contribution in [0.4, 0.5) is 0 Å². The van der Waals surface area contributed by atoms with E-state index in [-0.39, 0.29) is 5.92 Å². The number of hydrogen-bond acceptors (Lipinski definition) is 1. The van der Waals surface area contributed by atoms with Gasteiger partial charge in [-0.15, -0.1) is 6.58 Å². The van der Waals surface area contributed by atoms with Gasteiger partial charge in [0.25, 0.3) is 0 Å². The molecule has 0 aliphatic rings. The highest BCUT2D eigenvalue weighted by Gasteiger charge is 2.29. The maximum atomic E-state index is 10.0. The Kier molecular flexibility index (Phi) is 4.43. The molecule has 1 atom stereocenters. The Hall–Kier alpha value is -0.300. The van der Waals surface area contributed by atoms with E-state index in [0.717, 1.165) is 19.3 Å². The van der Waals surface area contributed by atoms with Crippen LogP contribution in [-0.4, -0.2) is 10.7 Å². The van der Waals surface area contributed by atoms with Crippen LogP contribution in [0, 0.1) is 5.92 Å². The lowest BCUT2D eigenvalue weighted by Crippen LogP contribution is -2.35. The zero-order valence-corrected chi connectivity index (χ0v) is 7.93. The molecule has 0 saturated heterocycles. The van der Waals surface area contributed by atoms with Crippen LogP contribution in [0.5, 0.6) is 0 Å². The summed E-state index contributed by atoms with van der Waals surface area (Å²) < 4.78 is 0. The van der Waals surface area contributed by atoms with Gasteiger partial charge in [0.05, 0.1) is 5.60 Å². The van der Waals surface area contributed by atoms with E-state index in [1.165, 1.54) is 0 Å². The second kappa shape index (κ2) is 4.55. The van der Waals surface area contributed by atoms with Gasteiger partial charge in [-0.3, -0.25) is 0 Å². The topological polar surface area (TPSA) is 20.2 Å². The monoisotopic (exact) mass is 156 g/mol. The Balaban J connectivity index is 4.30. The summed E-state index contributed by atoms with van der Waals surface area (Å²) in [5.74, 6) is 0.248. The average molecular weight is 156 g/mol. The fraction of sp³-hybridized carbons (Fsp3) is 0.800. The smallest absolute Gasteiger partial charge is 0.0704 e. The molecule has 1 unspecified atom stereocenters. The predicted molar refractivity (Wildman–Crippen MR) is 49.5 cm³/mol. The third kappa shape index (κ3) is 2.33. The predicted octanol–water partition coefficient (Wildman–Crippen LogP) is 2.75. The first-order valence-corrected chi connectivity index (χ1v) is 4.49. The van der Waals surface area contributed by atoms with Gasteiger partial charge in [0.1, 0.15) is 0 Å². The van der Waals surface area contributed by atoms with Gasteiger partial charge < -0.3 is 5.11 Å². The van der Waals surface area contributed by atoms with Crippen LogP contribution in [-0.2, 0) is 0 Å². The second-order valence-corrected chi connectivity index (χ2v) is 3.06. The lowest BCUT2D eigenvalue weighted by Gasteiger charge is -2.31. The van der Waals surface area contributed by atoms with Crippen molar-refractivity contribution in [1.29, 1.82) is 0 Å². The van der Waals surface area contributed by atoms with Gasteiger partial charge in [0.2, 0.25) is 0 Å². The number of rotatable bonds is 5. The lowest BCUT2D eigenvalue weighted by atomic mass is 9.81. The van der Waals surface area contributed by atoms with Crippen molar-refractivity contribution in [2.24, 2.45) is 5.92 Å². The third-order valence-electron chi connectivity index (χ3n) is 2.64. The van der Waals surface area contributed by atoms with Gasteiger partial charge in [-0.2, -0.15) is 0 Å². The molecule has 66 valence electrons. The highest BCUT2D eigenvalue weighted by atomic mass is 16.3. The second-order valence-electron chi connectivity index (χ2n) is 3.06. The fourth-order valence-electron chi connectivity index (χ4n) is 1.54. The van der Waals surface area contributed by atoms with Gasteiger partial charge in [-0.25, -0.2) is 0 Å². The minimum atomic E-state index is -0.517. The van der Waals surface area contributed by atoms with E-state index in [9.17, 15) is 5.11 Å². The molecule has 0 aromatic carbocycles. The van der Waals surface area contributed by atoms with Crippen molar-refractivity contribution < 1.29 is 5.11 Å². The van der Waals surface area contributed by atoms with Crippen molar-refractivity contribution in [3.63, 3.8) is 0 Å². The summed E-state index contributed by atoms with van der Waals surface area (Å²) in [5, 5.41) is 10.0. The summed E-state index contributed by atoms with van der Waals surface area (Å²) in [6.45, 7) is 9.87.